The first-order valence-electron chi connectivity index (χ1n) is 12.3. The first kappa shape index (κ1) is 28.0. The van der Waals surface area contributed by atoms with E-state index in [9.17, 15) is 18.4 Å². The first-order valence-corrected chi connectivity index (χ1v) is 12.3. The Balaban J connectivity index is 1.36. The van der Waals surface area contributed by atoms with E-state index in [0.29, 0.717) is 12.4 Å². The van der Waals surface area contributed by atoms with Crippen LogP contribution in [-0.2, 0) is 20.8 Å². The molecule has 0 spiro atoms. The van der Waals surface area contributed by atoms with Crippen LogP contribution in [0.1, 0.15) is 25.8 Å². The number of likely N-dealkylation sites (N-methyl/N-ethyl adjacent to an activating group) is 1. The van der Waals surface area contributed by atoms with Crippen LogP contribution >= 0.6 is 0 Å². The maximum Gasteiger partial charge on any atom is 0.412 e. The molecular weight excluding hydrogens is 514 g/mol. The van der Waals surface area contributed by atoms with E-state index in [-0.39, 0.29) is 37.1 Å². The van der Waals surface area contributed by atoms with Crippen LogP contribution in [0, 0.1) is 11.6 Å². The number of hydrogen-bond acceptors (Lipinski definition) is 7. The largest absolute Gasteiger partial charge is 0.447 e. The van der Waals surface area contributed by atoms with Crippen molar-refractivity contribution in [3.8, 4) is 11.3 Å². The number of amides is 3. The molecule has 1 fully saturated rings. The van der Waals surface area contributed by atoms with Gasteiger partial charge in [-0.2, -0.15) is 0 Å². The fraction of sp³-hybridized carbons (Fsp3) is 0.370. The molecule has 2 atom stereocenters. The summed E-state index contributed by atoms with van der Waals surface area (Å²) in [7, 11) is 1.51. The molecule has 2 heterocycles. The van der Waals surface area contributed by atoms with Gasteiger partial charge in [-0.3, -0.25) is 5.32 Å². The number of carbonyl (C=O) groups excluding carboxylic acids is 2. The van der Waals surface area contributed by atoms with Gasteiger partial charge in [0.05, 0.1) is 18.8 Å². The molecule has 1 saturated heterocycles. The third-order valence-corrected chi connectivity index (χ3v) is 6.14. The fourth-order valence-electron chi connectivity index (χ4n) is 4.05. The highest BCUT2D eigenvalue weighted by Gasteiger charge is 2.36. The highest BCUT2D eigenvalue weighted by molar-refractivity contribution is 5.84. The number of halogens is 2. The summed E-state index contributed by atoms with van der Waals surface area (Å²) < 4.78 is 49.6. The number of rotatable bonds is 9. The Hall–Kier alpha value is -4.03. The summed E-state index contributed by atoms with van der Waals surface area (Å²) in [6.07, 6.45) is -0.874. The Kier molecular flexibility index (Phi) is 8.77. The lowest BCUT2D eigenvalue weighted by molar-refractivity contribution is -0.140. The molecule has 0 saturated carbocycles. The minimum Gasteiger partial charge on any atom is -0.447 e. The molecule has 10 nitrogen and oxygen atoms in total. The highest BCUT2D eigenvalue weighted by atomic mass is 19.2. The molecule has 0 aliphatic carbocycles. The number of aromatic nitrogens is 1. The Bertz CT molecular complexity index is 1290. The summed E-state index contributed by atoms with van der Waals surface area (Å²) >= 11 is 0. The van der Waals surface area contributed by atoms with Crippen molar-refractivity contribution < 1.29 is 37.1 Å². The van der Waals surface area contributed by atoms with E-state index >= 15 is 0 Å². The first-order chi connectivity index (χ1) is 18.6. The normalized spacial score (nSPS) is 16.9. The molecule has 4 rings (SSSR count). The van der Waals surface area contributed by atoms with Crippen LogP contribution in [0.2, 0.25) is 0 Å². The standard InChI is InChI=1S/C27H30F2N4O6/c1-27(2)37-16-20(38-27)12-19(33(3)25(34)30-14-18-10-7-11-21(28)24(18)29)15-36-26(35)31-23-13-22(39-32-23)17-8-5-4-6-9-17/h4-11,13,19-20H,12,14-16H2,1-3H3,(H,30,34)(H,31,32,35)/t19-,20+/m0/s1. The zero-order chi connectivity index (χ0) is 28.0. The summed E-state index contributed by atoms with van der Waals surface area (Å²) in [5.74, 6) is -2.19. The van der Waals surface area contributed by atoms with Gasteiger partial charge in [0.15, 0.2) is 29.0 Å². The van der Waals surface area contributed by atoms with Gasteiger partial charge in [-0.05, 0) is 26.3 Å². The molecule has 3 aromatic rings. The second-order valence-corrected chi connectivity index (χ2v) is 9.49. The van der Waals surface area contributed by atoms with E-state index < -0.39 is 35.6 Å². The highest BCUT2D eigenvalue weighted by Crippen LogP contribution is 2.26. The molecule has 1 aliphatic heterocycles. The fourth-order valence-corrected chi connectivity index (χ4v) is 4.05. The molecule has 0 bridgehead atoms. The number of carbonyl (C=O) groups is 2. The van der Waals surface area contributed by atoms with Crippen LogP contribution in [0.3, 0.4) is 0 Å². The third kappa shape index (κ3) is 7.52. The van der Waals surface area contributed by atoms with Crippen molar-refractivity contribution in [3.63, 3.8) is 0 Å². The molecular formula is C27H30F2N4O6. The van der Waals surface area contributed by atoms with Gasteiger partial charge in [-0.15, -0.1) is 0 Å². The Morgan fingerprint density at radius 2 is 1.95 bits per heavy atom. The number of ether oxygens (including phenoxy) is 3. The maximum atomic E-state index is 14.0. The van der Waals surface area contributed by atoms with Gasteiger partial charge >= 0.3 is 12.1 Å². The Morgan fingerprint density at radius 3 is 2.67 bits per heavy atom. The van der Waals surface area contributed by atoms with E-state index in [4.69, 9.17) is 18.7 Å². The van der Waals surface area contributed by atoms with Crippen molar-refractivity contribution in [2.75, 3.05) is 25.6 Å². The molecule has 0 radical (unpaired) electrons. The minimum absolute atomic E-state index is 0.000637. The molecule has 39 heavy (non-hydrogen) atoms. The van der Waals surface area contributed by atoms with Crippen molar-refractivity contribution in [2.24, 2.45) is 0 Å². The SMILES string of the molecule is CN(C(=O)NCc1cccc(F)c1F)[C@H](COC(=O)Nc1cc(-c2ccccc2)on1)C[C@@H]1COC(C)(C)O1. The van der Waals surface area contributed by atoms with E-state index in [1.54, 1.807) is 19.9 Å². The van der Waals surface area contributed by atoms with Gasteiger partial charge in [0, 0.05) is 30.8 Å². The number of nitrogens with zero attached hydrogens (tertiary/aromatic N) is 2. The predicted molar refractivity (Wildman–Crippen MR) is 137 cm³/mol. The van der Waals surface area contributed by atoms with Gasteiger partial charge in [-0.1, -0.05) is 47.6 Å². The van der Waals surface area contributed by atoms with Crippen molar-refractivity contribution >= 4 is 17.9 Å². The van der Waals surface area contributed by atoms with Crippen molar-refractivity contribution in [1.82, 2.24) is 15.4 Å². The van der Waals surface area contributed by atoms with Gasteiger partial charge in [-0.25, -0.2) is 18.4 Å². The molecule has 1 aromatic heterocycles. The molecule has 2 N–H and O–H groups in total. The summed E-state index contributed by atoms with van der Waals surface area (Å²) in [4.78, 5) is 26.7. The van der Waals surface area contributed by atoms with E-state index in [0.717, 1.165) is 11.6 Å². The summed E-state index contributed by atoms with van der Waals surface area (Å²) in [5, 5.41) is 8.90. The van der Waals surface area contributed by atoms with Crippen LogP contribution in [0.5, 0.6) is 0 Å². The van der Waals surface area contributed by atoms with Gasteiger partial charge in [0.2, 0.25) is 0 Å². The van der Waals surface area contributed by atoms with Crippen LogP contribution in [0.4, 0.5) is 24.2 Å². The zero-order valence-electron chi connectivity index (χ0n) is 21.8. The molecule has 1 aliphatic rings. The second kappa shape index (κ2) is 12.2. The zero-order valence-corrected chi connectivity index (χ0v) is 21.8. The number of benzene rings is 2. The lowest BCUT2D eigenvalue weighted by atomic mass is 10.1. The monoisotopic (exact) mass is 544 g/mol. The molecule has 208 valence electrons. The maximum absolute atomic E-state index is 14.0. The Morgan fingerprint density at radius 1 is 1.18 bits per heavy atom. The average Bonchev–Trinajstić information content (AvgIpc) is 3.52. The lowest BCUT2D eigenvalue weighted by Gasteiger charge is -2.30. The topological polar surface area (TPSA) is 115 Å². The summed E-state index contributed by atoms with van der Waals surface area (Å²) in [5.41, 5.74) is 0.791. The average molecular weight is 545 g/mol. The third-order valence-electron chi connectivity index (χ3n) is 6.14. The molecule has 3 amide bonds. The summed E-state index contributed by atoms with van der Waals surface area (Å²) in [6.45, 7) is 3.43. The van der Waals surface area contributed by atoms with E-state index in [1.807, 2.05) is 30.3 Å². The smallest absolute Gasteiger partial charge is 0.412 e. The van der Waals surface area contributed by atoms with Crippen molar-refractivity contribution in [3.05, 3.63) is 71.8 Å². The minimum atomic E-state index is -1.03. The van der Waals surface area contributed by atoms with Crippen molar-refractivity contribution in [1.29, 1.82) is 0 Å². The van der Waals surface area contributed by atoms with Gasteiger partial charge in [0.1, 0.15) is 6.61 Å². The number of anilines is 1. The van der Waals surface area contributed by atoms with Crippen LogP contribution in [0.25, 0.3) is 11.3 Å². The summed E-state index contributed by atoms with van der Waals surface area (Å²) in [6, 6.07) is 13.3. The number of urea groups is 1. The number of nitrogens with one attached hydrogen (secondary N) is 2. The Labute approximate surface area is 224 Å². The number of hydrogen-bond donors (Lipinski definition) is 2. The van der Waals surface area contributed by atoms with E-state index in [2.05, 4.69) is 15.8 Å². The lowest BCUT2D eigenvalue weighted by Crippen LogP contribution is -2.47. The van der Waals surface area contributed by atoms with Crippen LogP contribution in [0.15, 0.2) is 59.1 Å². The molecule has 2 aromatic carbocycles. The predicted octanol–water partition coefficient (Wildman–Crippen LogP) is 4.92. The second-order valence-electron chi connectivity index (χ2n) is 9.49. The van der Waals surface area contributed by atoms with Crippen LogP contribution < -0.4 is 10.6 Å². The quantitative estimate of drug-likeness (QED) is 0.393. The molecule has 12 heteroatoms. The molecule has 0 unspecified atom stereocenters. The van der Waals surface area contributed by atoms with Gasteiger partial charge < -0.3 is 29.0 Å². The van der Waals surface area contributed by atoms with E-state index in [1.165, 1.54) is 24.1 Å². The van der Waals surface area contributed by atoms with Crippen LogP contribution in [-0.4, -0.2) is 60.4 Å². The van der Waals surface area contributed by atoms with Gasteiger partial charge in [0.25, 0.3) is 0 Å². The van der Waals surface area contributed by atoms with Crippen molar-refractivity contribution in [2.45, 2.75) is 44.7 Å².